The van der Waals surface area contributed by atoms with Gasteiger partial charge in [-0.05, 0) is 44.9 Å². The van der Waals surface area contributed by atoms with Crippen molar-refractivity contribution in [2.45, 2.75) is 58.2 Å². The fourth-order valence-electron chi connectivity index (χ4n) is 3.84. The van der Waals surface area contributed by atoms with Crippen LogP contribution in [-0.4, -0.2) is 12.7 Å². The second-order valence-electron chi connectivity index (χ2n) is 6.76. The van der Waals surface area contributed by atoms with Crippen LogP contribution < -0.4 is 14.8 Å². The first kappa shape index (κ1) is 15.6. The molecule has 1 aromatic heterocycles. The first-order chi connectivity index (χ1) is 11.7. The Bertz CT molecular complexity index is 722. The Morgan fingerprint density at radius 2 is 2.25 bits per heavy atom. The van der Waals surface area contributed by atoms with Gasteiger partial charge in [-0.2, -0.15) is 0 Å². The maximum atomic E-state index is 5.92. The van der Waals surface area contributed by atoms with Crippen molar-refractivity contribution in [3.8, 4) is 11.5 Å². The molecule has 0 fully saturated rings. The Kier molecular flexibility index (Phi) is 4.23. The lowest BCUT2D eigenvalue weighted by molar-refractivity contribution is 0.254. The second-order valence-corrected chi connectivity index (χ2v) is 6.76. The second kappa shape index (κ2) is 6.52. The molecule has 4 heteroatoms. The fourth-order valence-corrected chi connectivity index (χ4v) is 3.84. The minimum atomic E-state index is 0.254. The van der Waals surface area contributed by atoms with Crippen molar-refractivity contribution in [3.05, 3.63) is 46.9 Å². The number of furan rings is 1. The zero-order valence-electron chi connectivity index (χ0n) is 14.4. The van der Waals surface area contributed by atoms with Gasteiger partial charge in [0.2, 0.25) is 0 Å². The summed E-state index contributed by atoms with van der Waals surface area (Å²) in [7, 11) is 0. The van der Waals surface area contributed by atoms with E-state index in [1.54, 1.807) is 6.26 Å². The third-order valence-electron chi connectivity index (χ3n) is 4.97. The summed E-state index contributed by atoms with van der Waals surface area (Å²) in [6.07, 6.45) is 6.39. The molecule has 1 aromatic carbocycles. The number of rotatable bonds is 5. The lowest BCUT2D eigenvalue weighted by Crippen LogP contribution is -2.24. The number of ether oxygens (including phenoxy) is 2. The molecule has 0 spiro atoms. The van der Waals surface area contributed by atoms with Crippen molar-refractivity contribution in [2.24, 2.45) is 0 Å². The van der Waals surface area contributed by atoms with Crippen LogP contribution >= 0.6 is 0 Å². The van der Waals surface area contributed by atoms with Crippen LogP contribution in [0.15, 0.2) is 28.9 Å². The molecule has 24 heavy (non-hydrogen) atoms. The average Bonchev–Trinajstić information content (AvgIpc) is 3.18. The normalized spacial score (nSPS) is 21.9. The largest absolute Gasteiger partial charge is 0.494 e. The topological polar surface area (TPSA) is 43.6 Å². The Hall–Kier alpha value is -1.94. The maximum absolute atomic E-state index is 5.92. The monoisotopic (exact) mass is 327 g/mol. The van der Waals surface area contributed by atoms with Gasteiger partial charge in [0.05, 0.1) is 12.9 Å². The van der Waals surface area contributed by atoms with Gasteiger partial charge >= 0.3 is 0 Å². The Morgan fingerprint density at radius 3 is 3.12 bits per heavy atom. The molecule has 0 saturated heterocycles. The molecule has 2 aliphatic rings. The predicted molar refractivity (Wildman–Crippen MR) is 92.6 cm³/mol. The van der Waals surface area contributed by atoms with Crippen molar-refractivity contribution in [3.63, 3.8) is 0 Å². The lowest BCUT2D eigenvalue weighted by Gasteiger charge is -2.23. The molecule has 4 nitrogen and oxygen atoms in total. The maximum Gasteiger partial charge on any atom is 0.124 e. The van der Waals surface area contributed by atoms with Crippen molar-refractivity contribution in [1.82, 2.24) is 5.32 Å². The highest BCUT2D eigenvalue weighted by Crippen LogP contribution is 2.36. The van der Waals surface area contributed by atoms with Crippen LogP contribution in [-0.2, 0) is 19.4 Å². The van der Waals surface area contributed by atoms with Crippen LogP contribution in [0.4, 0.5) is 0 Å². The van der Waals surface area contributed by atoms with E-state index in [4.69, 9.17) is 13.9 Å². The third-order valence-corrected chi connectivity index (χ3v) is 4.97. The third kappa shape index (κ3) is 2.91. The molecule has 4 rings (SSSR count). The van der Waals surface area contributed by atoms with E-state index in [2.05, 4.69) is 30.4 Å². The van der Waals surface area contributed by atoms with E-state index in [9.17, 15) is 0 Å². The standard InChI is InChI=1S/C20H25NO3/c1-3-22-19-10-14-9-13(2)24-20(14)11-15(19)12-21-17-5-4-6-18-16(17)7-8-23-18/h7-8,10-11,13,17,21H,3-6,9,12H2,1-2H3. The first-order valence-electron chi connectivity index (χ1n) is 8.99. The lowest BCUT2D eigenvalue weighted by atomic mass is 9.93. The Labute approximate surface area is 143 Å². The first-order valence-corrected chi connectivity index (χ1v) is 8.99. The number of benzene rings is 1. The zero-order valence-corrected chi connectivity index (χ0v) is 14.4. The van der Waals surface area contributed by atoms with Gasteiger partial charge in [-0.3, -0.25) is 0 Å². The smallest absolute Gasteiger partial charge is 0.124 e. The quantitative estimate of drug-likeness (QED) is 0.895. The molecular formula is C20H25NO3. The SMILES string of the molecule is CCOc1cc2c(cc1CNC1CCCc3occc31)OC(C)C2. The van der Waals surface area contributed by atoms with Crippen molar-refractivity contribution in [2.75, 3.05) is 6.61 Å². The molecule has 2 atom stereocenters. The minimum Gasteiger partial charge on any atom is -0.494 e. The molecule has 0 radical (unpaired) electrons. The van der Waals surface area contributed by atoms with Gasteiger partial charge in [0.25, 0.3) is 0 Å². The van der Waals surface area contributed by atoms with Gasteiger partial charge in [0.15, 0.2) is 0 Å². The summed E-state index contributed by atoms with van der Waals surface area (Å²) in [5, 5.41) is 3.69. The highest BCUT2D eigenvalue weighted by Gasteiger charge is 2.24. The molecule has 2 aromatic rings. The summed E-state index contributed by atoms with van der Waals surface area (Å²) in [5.74, 6) is 3.12. The van der Waals surface area contributed by atoms with E-state index in [0.29, 0.717) is 12.6 Å². The van der Waals surface area contributed by atoms with E-state index >= 15 is 0 Å². The highest BCUT2D eigenvalue weighted by atomic mass is 16.5. The van der Waals surface area contributed by atoms with Crippen LogP contribution in [0.25, 0.3) is 0 Å². The van der Waals surface area contributed by atoms with Gasteiger partial charge in [0, 0.05) is 42.1 Å². The Morgan fingerprint density at radius 1 is 1.33 bits per heavy atom. The summed E-state index contributed by atoms with van der Waals surface area (Å²) in [6, 6.07) is 6.76. The Balaban J connectivity index is 1.53. The van der Waals surface area contributed by atoms with Crippen molar-refractivity contribution >= 4 is 0 Å². The molecular weight excluding hydrogens is 302 g/mol. The van der Waals surface area contributed by atoms with Crippen LogP contribution in [0.1, 0.15) is 55.2 Å². The summed E-state index contributed by atoms with van der Waals surface area (Å²) in [5.41, 5.74) is 3.73. The number of fused-ring (bicyclic) bond motifs is 2. The predicted octanol–water partition coefficient (Wildman–Crippen LogP) is 4.17. The number of hydrogen-bond acceptors (Lipinski definition) is 4. The molecule has 1 aliphatic heterocycles. The van der Waals surface area contributed by atoms with Gasteiger partial charge in [0.1, 0.15) is 23.4 Å². The van der Waals surface area contributed by atoms with Crippen LogP contribution in [0.2, 0.25) is 0 Å². The van der Waals surface area contributed by atoms with Crippen LogP contribution in [0.3, 0.4) is 0 Å². The fraction of sp³-hybridized carbons (Fsp3) is 0.500. The number of aryl methyl sites for hydroxylation is 1. The van der Waals surface area contributed by atoms with Gasteiger partial charge < -0.3 is 19.2 Å². The molecule has 2 unspecified atom stereocenters. The molecule has 1 N–H and O–H groups in total. The molecule has 0 amide bonds. The summed E-state index contributed by atoms with van der Waals surface area (Å²) < 4.78 is 17.4. The summed E-state index contributed by atoms with van der Waals surface area (Å²) in [6.45, 7) is 5.59. The molecule has 2 heterocycles. The number of nitrogens with one attached hydrogen (secondary N) is 1. The molecule has 1 aliphatic carbocycles. The van der Waals surface area contributed by atoms with E-state index in [1.807, 2.05) is 6.92 Å². The van der Waals surface area contributed by atoms with E-state index in [-0.39, 0.29) is 6.10 Å². The van der Waals surface area contributed by atoms with Gasteiger partial charge in [-0.15, -0.1) is 0 Å². The van der Waals surface area contributed by atoms with Gasteiger partial charge in [-0.1, -0.05) is 0 Å². The van der Waals surface area contributed by atoms with Crippen LogP contribution in [0.5, 0.6) is 11.5 Å². The highest BCUT2D eigenvalue weighted by molar-refractivity contribution is 5.48. The minimum absolute atomic E-state index is 0.254. The summed E-state index contributed by atoms with van der Waals surface area (Å²) >= 11 is 0. The van der Waals surface area contributed by atoms with Gasteiger partial charge in [-0.25, -0.2) is 0 Å². The van der Waals surface area contributed by atoms with Crippen molar-refractivity contribution in [1.29, 1.82) is 0 Å². The van der Waals surface area contributed by atoms with E-state index < -0.39 is 0 Å². The zero-order chi connectivity index (χ0) is 16.5. The average molecular weight is 327 g/mol. The van der Waals surface area contributed by atoms with Crippen LogP contribution in [0, 0.1) is 0 Å². The van der Waals surface area contributed by atoms with E-state index in [1.165, 1.54) is 23.1 Å². The molecule has 0 saturated carbocycles. The molecule has 128 valence electrons. The molecule has 0 bridgehead atoms. The van der Waals surface area contributed by atoms with E-state index in [0.717, 1.165) is 43.1 Å². The number of hydrogen-bond donors (Lipinski definition) is 1. The summed E-state index contributed by atoms with van der Waals surface area (Å²) in [4.78, 5) is 0. The van der Waals surface area contributed by atoms with Crippen molar-refractivity contribution < 1.29 is 13.9 Å².